The number of hydrogen-bond donors (Lipinski definition) is 0. The zero-order chi connectivity index (χ0) is 17.0. The highest BCUT2D eigenvalue weighted by molar-refractivity contribution is 5.17. The van der Waals surface area contributed by atoms with Gasteiger partial charge in [0, 0.05) is 19.1 Å². The minimum absolute atomic E-state index is 0.0902. The van der Waals surface area contributed by atoms with E-state index < -0.39 is 5.79 Å². The Labute approximate surface area is 145 Å². The summed E-state index contributed by atoms with van der Waals surface area (Å²) < 4.78 is 11.9. The Kier molecular flexibility index (Phi) is 5.34. The van der Waals surface area contributed by atoms with Gasteiger partial charge < -0.3 is 9.47 Å². The van der Waals surface area contributed by atoms with Crippen molar-refractivity contribution in [2.24, 2.45) is 0 Å². The van der Waals surface area contributed by atoms with E-state index in [0.717, 1.165) is 13.1 Å². The molecule has 3 rings (SSSR count). The molecule has 3 heteroatoms. The van der Waals surface area contributed by atoms with Crippen LogP contribution in [-0.2, 0) is 22.6 Å². The van der Waals surface area contributed by atoms with Crippen molar-refractivity contribution in [1.29, 1.82) is 0 Å². The second-order valence-corrected chi connectivity index (χ2v) is 6.98. The summed E-state index contributed by atoms with van der Waals surface area (Å²) in [5.41, 5.74) is 2.64. The quantitative estimate of drug-likeness (QED) is 0.793. The first-order chi connectivity index (χ1) is 11.5. The first-order valence-corrected chi connectivity index (χ1v) is 8.67. The summed E-state index contributed by atoms with van der Waals surface area (Å²) in [5.74, 6) is -0.482. The molecule has 0 spiro atoms. The Morgan fingerprint density at radius 1 is 0.958 bits per heavy atom. The van der Waals surface area contributed by atoms with Crippen molar-refractivity contribution >= 4 is 0 Å². The van der Waals surface area contributed by atoms with Gasteiger partial charge in [-0.2, -0.15) is 0 Å². The van der Waals surface area contributed by atoms with E-state index >= 15 is 0 Å². The van der Waals surface area contributed by atoms with Crippen molar-refractivity contribution in [1.82, 2.24) is 4.90 Å². The summed E-state index contributed by atoms with van der Waals surface area (Å²) in [5, 5.41) is 0. The molecule has 1 heterocycles. The van der Waals surface area contributed by atoms with Crippen LogP contribution >= 0.6 is 0 Å². The molecular formula is C21H27NO2. The third kappa shape index (κ3) is 4.44. The molecule has 0 aromatic heterocycles. The Hall–Kier alpha value is -1.68. The zero-order valence-corrected chi connectivity index (χ0v) is 14.8. The Morgan fingerprint density at radius 2 is 1.46 bits per heavy atom. The van der Waals surface area contributed by atoms with Gasteiger partial charge in [-0.15, -0.1) is 0 Å². The molecule has 0 aliphatic carbocycles. The van der Waals surface area contributed by atoms with E-state index in [4.69, 9.17) is 9.47 Å². The predicted molar refractivity (Wildman–Crippen MR) is 96.5 cm³/mol. The molecule has 0 saturated carbocycles. The van der Waals surface area contributed by atoms with Gasteiger partial charge in [-0.25, -0.2) is 0 Å². The van der Waals surface area contributed by atoms with E-state index in [2.05, 4.69) is 72.5 Å². The lowest BCUT2D eigenvalue weighted by Gasteiger charge is -2.33. The number of rotatable bonds is 6. The van der Waals surface area contributed by atoms with Crippen molar-refractivity contribution < 1.29 is 9.47 Å². The molecule has 3 nitrogen and oxygen atoms in total. The molecule has 2 unspecified atom stereocenters. The maximum absolute atomic E-state index is 6.10. The van der Waals surface area contributed by atoms with Gasteiger partial charge in [0.1, 0.15) is 0 Å². The van der Waals surface area contributed by atoms with Gasteiger partial charge in [0.2, 0.25) is 0 Å². The second-order valence-electron chi connectivity index (χ2n) is 6.98. The average Bonchev–Trinajstić information content (AvgIpc) is 2.95. The van der Waals surface area contributed by atoms with Crippen LogP contribution < -0.4 is 0 Å². The summed E-state index contributed by atoms with van der Waals surface area (Å²) in [6.45, 7) is 8.65. The Balaban J connectivity index is 1.76. The van der Waals surface area contributed by atoms with E-state index in [9.17, 15) is 0 Å². The van der Waals surface area contributed by atoms with Crippen molar-refractivity contribution in [3.63, 3.8) is 0 Å². The maximum atomic E-state index is 6.10. The topological polar surface area (TPSA) is 21.7 Å². The van der Waals surface area contributed by atoms with Crippen molar-refractivity contribution in [2.75, 3.05) is 6.61 Å². The van der Waals surface area contributed by atoms with Crippen LogP contribution in [0.25, 0.3) is 0 Å². The summed E-state index contributed by atoms with van der Waals surface area (Å²) in [6.07, 6.45) is 0.0902. The van der Waals surface area contributed by atoms with Crippen LogP contribution in [-0.4, -0.2) is 29.4 Å². The molecule has 1 aliphatic heterocycles. The van der Waals surface area contributed by atoms with E-state index in [0.29, 0.717) is 6.61 Å². The lowest BCUT2D eigenvalue weighted by Crippen LogP contribution is -2.42. The van der Waals surface area contributed by atoms with Crippen molar-refractivity contribution in [3.05, 3.63) is 71.8 Å². The molecule has 128 valence electrons. The van der Waals surface area contributed by atoms with Crippen LogP contribution in [0.4, 0.5) is 0 Å². The third-order valence-electron chi connectivity index (χ3n) is 4.60. The third-order valence-corrected chi connectivity index (χ3v) is 4.60. The first-order valence-electron chi connectivity index (χ1n) is 8.67. The van der Waals surface area contributed by atoms with E-state index in [-0.39, 0.29) is 12.1 Å². The monoisotopic (exact) mass is 325 g/mol. The van der Waals surface area contributed by atoms with Gasteiger partial charge in [-0.1, -0.05) is 60.7 Å². The minimum atomic E-state index is -0.482. The molecule has 2 aromatic rings. The number of benzene rings is 2. The summed E-state index contributed by atoms with van der Waals surface area (Å²) in [4.78, 5) is 2.47. The molecule has 1 fully saturated rings. The number of ether oxygens (including phenoxy) is 2. The minimum Gasteiger partial charge on any atom is -0.348 e. The van der Waals surface area contributed by atoms with Crippen molar-refractivity contribution in [2.45, 2.75) is 51.8 Å². The lowest BCUT2D eigenvalue weighted by molar-refractivity contribution is -0.146. The van der Waals surface area contributed by atoms with E-state index in [1.165, 1.54) is 11.1 Å². The lowest BCUT2D eigenvalue weighted by atomic mass is 10.1. The average molecular weight is 325 g/mol. The van der Waals surface area contributed by atoms with Crippen LogP contribution in [0.5, 0.6) is 0 Å². The van der Waals surface area contributed by atoms with Gasteiger partial charge in [-0.3, -0.25) is 4.90 Å². The van der Waals surface area contributed by atoms with Crippen LogP contribution in [0, 0.1) is 0 Å². The normalized spacial score (nSPS) is 21.1. The molecule has 0 N–H and O–H groups in total. The summed E-state index contributed by atoms with van der Waals surface area (Å²) in [6, 6.07) is 21.5. The molecule has 1 aliphatic rings. The standard InChI is InChI=1S/C21H27NO2/c1-17(20-16-23-21(2,3)24-20)22(14-18-10-6-4-7-11-18)15-19-12-8-5-9-13-19/h4-13,17,20H,14-16H2,1-3H3. The van der Waals surface area contributed by atoms with E-state index in [1.807, 2.05) is 13.8 Å². The van der Waals surface area contributed by atoms with Gasteiger partial charge in [0.05, 0.1) is 12.7 Å². The van der Waals surface area contributed by atoms with Gasteiger partial charge in [0.25, 0.3) is 0 Å². The first kappa shape index (κ1) is 17.2. The van der Waals surface area contributed by atoms with Crippen LogP contribution in [0.1, 0.15) is 31.9 Å². The maximum Gasteiger partial charge on any atom is 0.163 e. The molecule has 2 aromatic carbocycles. The fourth-order valence-corrected chi connectivity index (χ4v) is 3.17. The molecule has 1 saturated heterocycles. The smallest absolute Gasteiger partial charge is 0.163 e. The molecule has 24 heavy (non-hydrogen) atoms. The molecular weight excluding hydrogens is 298 g/mol. The zero-order valence-electron chi connectivity index (χ0n) is 14.8. The number of nitrogens with zero attached hydrogens (tertiary/aromatic N) is 1. The van der Waals surface area contributed by atoms with Gasteiger partial charge in [-0.05, 0) is 31.9 Å². The van der Waals surface area contributed by atoms with E-state index in [1.54, 1.807) is 0 Å². The molecule has 0 bridgehead atoms. The SMILES string of the molecule is CC(C1COC(C)(C)O1)N(Cc1ccccc1)Cc1ccccc1. The Morgan fingerprint density at radius 3 is 1.88 bits per heavy atom. The summed E-state index contributed by atoms with van der Waals surface area (Å²) in [7, 11) is 0. The fourth-order valence-electron chi connectivity index (χ4n) is 3.17. The fraction of sp³-hybridized carbons (Fsp3) is 0.429. The van der Waals surface area contributed by atoms with Crippen LogP contribution in [0.2, 0.25) is 0 Å². The van der Waals surface area contributed by atoms with Gasteiger partial charge in [0.15, 0.2) is 5.79 Å². The summed E-state index contributed by atoms with van der Waals surface area (Å²) >= 11 is 0. The molecule has 2 atom stereocenters. The second kappa shape index (κ2) is 7.47. The molecule has 0 radical (unpaired) electrons. The molecule has 0 amide bonds. The largest absolute Gasteiger partial charge is 0.348 e. The van der Waals surface area contributed by atoms with Gasteiger partial charge >= 0.3 is 0 Å². The van der Waals surface area contributed by atoms with Crippen molar-refractivity contribution in [3.8, 4) is 0 Å². The predicted octanol–water partition coefficient (Wildman–Crippen LogP) is 4.23. The highest BCUT2D eigenvalue weighted by Gasteiger charge is 2.37. The highest BCUT2D eigenvalue weighted by Crippen LogP contribution is 2.27. The van der Waals surface area contributed by atoms with Crippen LogP contribution in [0.15, 0.2) is 60.7 Å². The Bertz CT molecular complexity index is 585. The highest BCUT2D eigenvalue weighted by atomic mass is 16.7. The van der Waals surface area contributed by atoms with Crippen LogP contribution in [0.3, 0.4) is 0 Å². The number of hydrogen-bond acceptors (Lipinski definition) is 3.